The molecule has 0 heteroatoms. The molecule has 1 fully saturated rings. The third kappa shape index (κ3) is 1.95. The molecule has 0 bridgehead atoms. The van der Waals surface area contributed by atoms with E-state index in [0.717, 1.165) is 0 Å². The number of rotatable bonds is 2. The third-order valence-electron chi connectivity index (χ3n) is 4.29. The van der Waals surface area contributed by atoms with Crippen molar-refractivity contribution in [2.75, 3.05) is 0 Å². The van der Waals surface area contributed by atoms with E-state index in [2.05, 4.69) is 51.1 Å². The van der Waals surface area contributed by atoms with E-state index in [1.807, 2.05) is 0 Å². The minimum absolute atomic E-state index is 0.446. The van der Waals surface area contributed by atoms with Gasteiger partial charge in [-0.25, -0.2) is 0 Å². The number of benzene rings is 1. The summed E-state index contributed by atoms with van der Waals surface area (Å²) in [6.45, 7) is 7.19. The van der Waals surface area contributed by atoms with Crippen molar-refractivity contribution < 1.29 is 0 Å². The molecule has 2 rings (SSSR count). The smallest absolute Gasteiger partial charge is 0.0208 e. The predicted molar refractivity (Wildman–Crippen MR) is 65.9 cm³/mol. The fourth-order valence-electron chi connectivity index (χ4n) is 2.78. The largest absolute Gasteiger partial charge is 0.0622 e. The first-order chi connectivity index (χ1) is 7.04. The molecule has 0 N–H and O–H groups in total. The molecule has 1 aromatic rings. The highest BCUT2D eigenvalue weighted by Crippen LogP contribution is 2.55. The highest BCUT2D eigenvalue weighted by Gasteiger charge is 2.46. The molecule has 1 aromatic carbocycles. The van der Waals surface area contributed by atoms with Crippen LogP contribution in [-0.4, -0.2) is 0 Å². The molecular formula is C15H22. The molecule has 1 aliphatic carbocycles. The molecule has 0 radical (unpaired) electrons. The van der Waals surface area contributed by atoms with Crippen LogP contribution in [0.3, 0.4) is 0 Å². The van der Waals surface area contributed by atoms with Gasteiger partial charge in [0.05, 0.1) is 0 Å². The Morgan fingerprint density at radius 3 is 2.07 bits per heavy atom. The van der Waals surface area contributed by atoms with Crippen LogP contribution in [0.1, 0.15) is 45.6 Å². The van der Waals surface area contributed by atoms with E-state index in [-0.39, 0.29) is 0 Å². The standard InChI is InChI=1S/C15H22/c1-14(2,3)15(10-7-11-15)12-13-8-5-4-6-9-13/h4-6,8-9H,7,10-12H2,1-3H3. The highest BCUT2D eigenvalue weighted by molar-refractivity contribution is 5.18. The molecular weight excluding hydrogens is 180 g/mol. The second kappa shape index (κ2) is 3.66. The predicted octanol–water partition coefficient (Wildman–Crippen LogP) is 4.45. The Labute approximate surface area is 93.7 Å². The normalized spacial score (nSPS) is 19.7. The molecule has 15 heavy (non-hydrogen) atoms. The molecule has 0 amide bonds. The second-order valence-electron chi connectivity index (χ2n) is 6.05. The van der Waals surface area contributed by atoms with Crippen LogP contribution in [-0.2, 0) is 6.42 Å². The number of hydrogen-bond acceptors (Lipinski definition) is 0. The zero-order valence-electron chi connectivity index (χ0n) is 10.2. The molecule has 0 heterocycles. The monoisotopic (exact) mass is 202 g/mol. The van der Waals surface area contributed by atoms with E-state index in [1.54, 1.807) is 0 Å². The zero-order valence-corrected chi connectivity index (χ0v) is 10.2. The van der Waals surface area contributed by atoms with Crippen LogP contribution in [0.5, 0.6) is 0 Å². The van der Waals surface area contributed by atoms with E-state index in [9.17, 15) is 0 Å². The lowest BCUT2D eigenvalue weighted by atomic mass is 9.53. The van der Waals surface area contributed by atoms with Crippen LogP contribution in [0, 0.1) is 10.8 Å². The molecule has 0 saturated heterocycles. The first-order valence-corrected chi connectivity index (χ1v) is 6.07. The first kappa shape index (κ1) is 10.7. The van der Waals surface area contributed by atoms with Gasteiger partial charge in [-0.15, -0.1) is 0 Å². The SMILES string of the molecule is CC(C)(C)C1(Cc2ccccc2)CCC1. The summed E-state index contributed by atoms with van der Waals surface area (Å²) in [7, 11) is 0. The highest BCUT2D eigenvalue weighted by atomic mass is 14.5. The Hall–Kier alpha value is -0.780. The van der Waals surface area contributed by atoms with Gasteiger partial charge in [0.15, 0.2) is 0 Å². The summed E-state index contributed by atoms with van der Waals surface area (Å²) >= 11 is 0. The molecule has 0 spiro atoms. The maximum atomic E-state index is 2.40. The molecule has 0 unspecified atom stereocenters. The molecule has 0 aliphatic heterocycles. The minimum atomic E-state index is 0.446. The van der Waals surface area contributed by atoms with Gasteiger partial charge in [-0.3, -0.25) is 0 Å². The fraction of sp³-hybridized carbons (Fsp3) is 0.600. The lowest BCUT2D eigenvalue weighted by molar-refractivity contribution is -0.00271. The van der Waals surface area contributed by atoms with Gasteiger partial charge < -0.3 is 0 Å². The average molecular weight is 202 g/mol. The number of hydrogen-bond donors (Lipinski definition) is 0. The van der Waals surface area contributed by atoms with Crippen molar-refractivity contribution in [3.8, 4) is 0 Å². The van der Waals surface area contributed by atoms with Crippen LogP contribution in [0.15, 0.2) is 30.3 Å². The summed E-state index contributed by atoms with van der Waals surface area (Å²) in [5.41, 5.74) is 2.52. The van der Waals surface area contributed by atoms with Crippen molar-refractivity contribution in [2.45, 2.75) is 46.5 Å². The quantitative estimate of drug-likeness (QED) is 0.665. The summed E-state index contributed by atoms with van der Waals surface area (Å²) in [5, 5.41) is 0. The fourth-order valence-corrected chi connectivity index (χ4v) is 2.78. The van der Waals surface area contributed by atoms with Crippen molar-refractivity contribution in [2.24, 2.45) is 10.8 Å². The van der Waals surface area contributed by atoms with E-state index >= 15 is 0 Å². The van der Waals surface area contributed by atoms with E-state index in [4.69, 9.17) is 0 Å². The van der Waals surface area contributed by atoms with Crippen LogP contribution in [0.4, 0.5) is 0 Å². The van der Waals surface area contributed by atoms with Gasteiger partial charge in [0.25, 0.3) is 0 Å². The Morgan fingerprint density at radius 1 is 1.07 bits per heavy atom. The lowest BCUT2D eigenvalue weighted by Gasteiger charge is -2.52. The van der Waals surface area contributed by atoms with Gasteiger partial charge in [-0.05, 0) is 35.7 Å². The lowest BCUT2D eigenvalue weighted by Crippen LogP contribution is -2.43. The Balaban J connectivity index is 2.16. The van der Waals surface area contributed by atoms with E-state index in [0.29, 0.717) is 10.8 Å². The molecule has 0 atom stereocenters. The van der Waals surface area contributed by atoms with Crippen LogP contribution >= 0.6 is 0 Å². The maximum absolute atomic E-state index is 2.40. The molecule has 0 nitrogen and oxygen atoms in total. The van der Waals surface area contributed by atoms with Crippen molar-refractivity contribution in [3.05, 3.63) is 35.9 Å². The molecule has 1 aliphatic rings. The summed E-state index contributed by atoms with van der Waals surface area (Å²) in [4.78, 5) is 0. The third-order valence-corrected chi connectivity index (χ3v) is 4.29. The second-order valence-corrected chi connectivity index (χ2v) is 6.05. The average Bonchev–Trinajstić information content (AvgIpc) is 2.11. The summed E-state index contributed by atoms with van der Waals surface area (Å²) in [6.07, 6.45) is 5.50. The van der Waals surface area contributed by atoms with Gasteiger partial charge in [0.2, 0.25) is 0 Å². The van der Waals surface area contributed by atoms with Gasteiger partial charge in [0, 0.05) is 0 Å². The van der Waals surface area contributed by atoms with Crippen LogP contribution in [0.25, 0.3) is 0 Å². The maximum Gasteiger partial charge on any atom is -0.0208 e. The van der Waals surface area contributed by atoms with Gasteiger partial charge >= 0.3 is 0 Å². The Kier molecular flexibility index (Phi) is 2.62. The van der Waals surface area contributed by atoms with Crippen LogP contribution in [0.2, 0.25) is 0 Å². The van der Waals surface area contributed by atoms with Gasteiger partial charge in [-0.1, -0.05) is 57.5 Å². The van der Waals surface area contributed by atoms with Crippen molar-refractivity contribution in [1.82, 2.24) is 0 Å². The Morgan fingerprint density at radius 2 is 1.67 bits per heavy atom. The first-order valence-electron chi connectivity index (χ1n) is 6.07. The molecule has 0 aromatic heterocycles. The summed E-state index contributed by atoms with van der Waals surface area (Å²) < 4.78 is 0. The summed E-state index contributed by atoms with van der Waals surface area (Å²) in [6, 6.07) is 11.0. The van der Waals surface area contributed by atoms with Gasteiger partial charge in [-0.2, -0.15) is 0 Å². The molecule has 1 saturated carbocycles. The van der Waals surface area contributed by atoms with Crippen molar-refractivity contribution in [3.63, 3.8) is 0 Å². The van der Waals surface area contributed by atoms with Gasteiger partial charge in [0.1, 0.15) is 0 Å². The van der Waals surface area contributed by atoms with E-state index in [1.165, 1.54) is 31.2 Å². The minimum Gasteiger partial charge on any atom is -0.0622 e. The molecule has 82 valence electrons. The Bertz CT molecular complexity index is 312. The van der Waals surface area contributed by atoms with Crippen molar-refractivity contribution in [1.29, 1.82) is 0 Å². The summed E-state index contributed by atoms with van der Waals surface area (Å²) in [5.74, 6) is 0. The van der Waals surface area contributed by atoms with Crippen molar-refractivity contribution >= 4 is 0 Å². The zero-order chi connectivity index (χ0) is 10.9. The van der Waals surface area contributed by atoms with E-state index < -0.39 is 0 Å². The topological polar surface area (TPSA) is 0 Å². The van der Waals surface area contributed by atoms with Crippen LogP contribution < -0.4 is 0 Å².